The first-order valence-electron chi connectivity index (χ1n) is 11.1. The fraction of sp³-hybridized carbons (Fsp3) is 0.913. The molecule has 3 saturated carbocycles. The number of fused-ring (bicyclic) bond motifs is 5. The van der Waals surface area contributed by atoms with Crippen LogP contribution in [0.5, 0.6) is 0 Å². The van der Waals surface area contributed by atoms with E-state index in [2.05, 4.69) is 33.0 Å². The molecule has 4 aliphatic rings. The van der Waals surface area contributed by atoms with Crippen molar-refractivity contribution in [2.75, 3.05) is 0 Å². The van der Waals surface area contributed by atoms with Gasteiger partial charge in [0.15, 0.2) is 0 Å². The second-order valence-corrected chi connectivity index (χ2v) is 10.5. The van der Waals surface area contributed by atoms with Crippen molar-refractivity contribution in [2.45, 2.75) is 91.5 Å². The zero-order valence-electron chi connectivity index (χ0n) is 17.1. The van der Waals surface area contributed by atoms with Crippen LogP contribution in [-0.4, -0.2) is 17.7 Å². The van der Waals surface area contributed by atoms with Gasteiger partial charge in [-0.25, -0.2) is 0 Å². The highest BCUT2D eigenvalue weighted by Crippen LogP contribution is 2.65. The molecule has 1 aliphatic heterocycles. The van der Waals surface area contributed by atoms with Gasteiger partial charge in [0, 0.05) is 24.3 Å². The molecule has 4 rings (SSSR count). The Morgan fingerprint density at radius 3 is 2.54 bits per heavy atom. The van der Waals surface area contributed by atoms with Crippen LogP contribution in [-0.2, 0) is 9.59 Å². The lowest BCUT2D eigenvalue weighted by Gasteiger charge is -2.60. The van der Waals surface area contributed by atoms with Gasteiger partial charge in [0.1, 0.15) is 5.78 Å². The summed E-state index contributed by atoms with van der Waals surface area (Å²) in [6.07, 6.45) is 9.95. The topological polar surface area (TPSA) is 46.2 Å². The Morgan fingerprint density at radius 1 is 1.08 bits per heavy atom. The monoisotopic (exact) mass is 359 g/mol. The van der Waals surface area contributed by atoms with Crippen molar-refractivity contribution in [3.63, 3.8) is 0 Å². The summed E-state index contributed by atoms with van der Waals surface area (Å²) in [6, 6.07) is 0.383. The first-order valence-corrected chi connectivity index (χ1v) is 11.1. The minimum Gasteiger partial charge on any atom is -0.353 e. The van der Waals surface area contributed by atoms with Crippen LogP contribution in [0.1, 0.15) is 85.5 Å². The van der Waals surface area contributed by atoms with Crippen molar-refractivity contribution in [1.29, 1.82) is 0 Å². The quantitative estimate of drug-likeness (QED) is 0.791. The highest BCUT2D eigenvalue weighted by molar-refractivity contribution is 5.84. The number of carbonyl (C=O) groups excluding carboxylic acids is 2. The van der Waals surface area contributed by atoms with E-state index in [1.165, 1.54) is 25.7 Å². The van der Waals surface area contributed by atoms with E-state index < -0.39 is 0 Å². The molecule has 1 heterocycles. The normalized spacial score (nSPS) is 48.8. The number of amides is 1. The summed E-state index contributed by atoms with van der Waals surface area (Å²) in [5, 5.41) is 3.32. The molecule has 146 valence electrons. The van der Waals surface area contributed by atoms with Gasteiger partial charge in [0.2, 0.25) is 5.91 Å². The predicted octanol–water partition coefficient (Wildman–Crippen LogP) is 4.74. The van der Waals surface area contributed by atoms with E-state index in [1.54, 1.807) is 0 Å². The minimum absolute atomic E-state index is 0.218. The third-order valence-corrected chi connectivity index (χ3v) is 9.54. The van der Waals surface area contributed by atoms with Gasteiger partial charge in [-0.05, 0) is 80.0 Å². The van der Waals surface area contributed by atoms with E-state index in [-0.39, 0.29) is 22.7 Å². The minimum atomic E-state index is 0.218. The average molecular weight is 360 g/mol. The van der Waals surface area contributed by atoms with Crippen molar-refractivity contribution >= 4 is 11.7 Å². The summed E-state index contributed by atoms with van der Waals surface area (Å²) in [5.41, 5.74) is 0.500. The summed E-state index contributed by atoms with van der Waals surface area (Å²) >= 11 is 0. The van der Waals surface area contributed by atoms with Crippen molar-refractivity contribution in [1.82, 2.24) is 5.32 Å². The van der Waals surface area contributed by atoms with Gasteiger partial charge >= 0.3 is 0 Å². The predicted molar refractivity (Wildman–Crippen MR) is 104 cm³/mol. The Bertz CT molecular complexity index is 601. The van der Waals surface area contributed by atoms with Gasteiger partial charge in [-0.1, -0.05) is 27.7 Å². The third kappa shape index (κ3) is 2.52. The molecule has 26 heavy (non-hydrogen) atoms. The van der Waals surface area contributed by atoms with Gasteiger partial charge < -0.3 is 5.32 Å². The first kappa shape index (κ1) is 18.5. The summed E-state index contributed by atoms with van der Waals surface area (Å²) < 4.78 is 0. The molecule has 0 bridgehead atoms. The lowest BCUT2D eigenvalue weighted by atomic mass is 9.47. The lowest BCUT2D eigenvalue weighted by molar-refractivity contribution is -0.142. The smallest absolute Gasteiger partial charge is 0.220 e. The Labute approximate surface area is 159 Å². The number of Topliss-reactive ketones (excluding diaryl/α,β-unsaturated/α-hetero) is 1. The fourth-order valence-corrected chi connectivity index (χ4v) is 7.71. The number of ketones is 1. The number of hydrogen-bond acceptors (Lipinski definition) is 2. The molecule has 0 radical (unpaired) electrons. The molecule has 0 aromatic heterocycles. The second-order valence-electron chi connectivity index (χ2n) is 10.5. The maximum atomic E-state index is 13.1. The Balaban J connectivity index is 1.58. The number of hydrogen-bond donors (Lipinski definition) is 1. The van der Waals surface area contributed by atoms with Crippen molar-refractivity contribution in [3.8, 4) is 0 Å². The van der Waals surface area contributed by atoms with Crippen LogP contribution in [0.15, 0.2) is 0 Å². The molecule has 2 unspecified atom stereocenters. The van der Waals surface area contributed by atoms with Gasteiger partial charge in [-0.3, -0.25) is 9.59 Å². The lowest BCUT2D eigenvalue weighted by Crippen LogP contribution is -2.61. The molecule has 4 fully saturated rings. The van der Waals surface area contributed by atoms with Gasteiger partial charge in [0.05, 0.1) is 0 Å². The summed E-state index contributed by atoms with van der Waals surface area (Å²) in [5.74, 6) is 3.52. The third-order valence-electron chi connectivity index (χ3n) is 9.54. The molecule has 3 nitrogen and oxygen atoms in total. The zero-order valence-corrected chi connectivity index (χ0v) is 17.1. The van der Waals surface area contributed by atoms with E-state index in [1.807, 2.05) is 0 Å². The van der Waals surface area contributed by atoms with Gasteiger partial charge in [-0.15, -0.1) is 0 Å². The molecular weight excluding hydrogens is 322 g/mol. The van der Waals surface area contributed by atoms with Crippen LogP contribution in [0.25, 0.3) is 0 Å². The first-order chi connectivity index (χ1) is 12.3. The number of nitrogens with one attached hydrogen (secondary N) is 1. The largest absolute Gasteiger partial charge is 0.353 e. The number of carbonyl (C=O) groups is 2. The molecule has 1 saturated heterocycles. The highest BCUT2D eigenvalue weighted by atomic mass is 16.1. The molecule has 1 amide bonds. The summed E-state index contributed by atoms with van der Waals surface area (Å²) in [7, 11) is 0. The molecule has 3 aliphatic carbocycles. The summed E-state index contributed by atoms with van der Waals surface area (Å²) in [4.78, 5) is 25.0. The molecule has 0 spiro atoms. The van der Waals surface area contributed by atoms with Crippen molar-refractivity contribution in [2.24, 2.45) is 40.4 Å². The van der Waals surface area contributed by atoms with E-state index in [9.17, 15) is 9.59 Å². The molecular formula is C23H37NO2. The molecule has 1 N–H and O–H groups in total. The van der Waals surface area contributed by atoms with E-state index >= 15 is 0 Å². The highest BCUT2D eigenvalue weighted by Gasteiger charge is 2.61. The second kappa shape index (κ2) is 6.34. The molecule has 0 aromatic carbocycles. The standard InChI is InChI=1S/C23H37NO2/c1-5-14(2)21(26)18-8-7-16-15-6-9-19-23(4,13-11-20(25)24-19)17(15)10-12-22(16,18)3/h14-19H,5-13H2,1-4H3,(H,24,25)/t14?,15-,16-,17-,18+,19?,22-,23+/m0/s1. The maximum Gasteiger partial charge on any atom is 0.220 e. The zero-order chi connectivity index (χ0) is 18.7. The van der Waals surface area contributed by atoms with E-state index in [0.29, 0.717) is 24.2 Å². The van der Waals surface area contributed by atoms with Gasteiger partial charge in [-0.2, -0.15) is 0 Å². The molecule has 8 atom stereocenters. The van der Waals surface area contributed by atoms with Crippen LogP contribution in [0, 0.1) is 40.4 Å². The number of piperidine rings is 1. The van der Waals surface area contributed by atoms with Gasteiger partial charge in [0.25, 0.3) is 0 Å². The average Bonchev–Trinajstić information content (AvgIpc) is 2.98. The summed E-state index contributed by atoms with van der Waals surface area (Å²) in [6.45, 7) is 9.17. The Morgan fingerprint density at radius 2 is 1.81 bits per heavy atom. The molecule has 3 heteroatoms. The van der Waals surface area contributed by atoms with Crippen molar-refractivity contribution in [3.05, 3.63) is 0 Å². The Hall–Kier alpha value is -0.860. The van der Waals surface area contributed by atoms with E-state index in [4.69, 9.17) is 0 Å². The van der Waals surface area contributed by atoms with Crippen LogP contribution in [0.4, 0.5) is 0 Å². The van der Waals surface area contributed by atoms with Crippen molar-refractivity contribution < 1.29 is 9.59 Å². The van der Waals surface area contributed by atoms with E-state index in [0.717, 1.165) is 43.4 Å². The van der Waals surface area contributed by atoms with Crippen LogP contribution in [0.2, 0.25) is 0 Å². The van der Waals surface area contributed by atoms with Crippen LogP contribution >= 0.6 is 0 Å². The maximum absolute atomic E-state index is 13.1. The fourth-order valence-electron chi connectivity index (χ4n) is 7.71. The number of rotatable bonds is 3. The van der Waals surface area contributed by atoms with Crippen LogP contribution in [0.3, 0.4) is 0 Å². The SMILES string of the molecule is CCC(C)C(=O)[C@H]1CC[C@H]2[C@@H]3CCC4NC(=O)CC[C@]4(C)[C@H]3CC[C@]12C. The molecule has 0 aromatic rings. The Kier molecular flexibility index (Phi) is 4.51. The van der Waals surface area contributed by atoms with Crippen LogP contribution < -0.4 is 5.32 Å².